The molecule has 0 aliphatic heterocycles. The summed E-state index contributed by atoms with van der Waals surface area (Å²) in [6, 6.07) is -1.11. The van der Waals surface area contributed by atoms with E-state index in [1.807, 2.05) is 13.8 Å². The van der Waals surface area contributed by atoms with E-state index in [0.29, 0.717) is 18.8 Å². The zero-order chi connectivity index (χ0) is 21.7. The SMILES string of the molecule is CCNC(=O)SCC(C)CNC(=O)C(/C=C/C(=O)OC)NC(=O)OC(C)(C)C. The second-order valence-corrected chi connectivity index (χ2v) is 7.98. The van der Waals surface area contributed by atoms with E-state index in [2.05, 4.69) is 20.7 Å². The van der Waals surface area contributed by atoms with E-state index in [-0.39, 0.29) is 11.2 Å². The zero-order valence-corrected chi connectivity index (χ0v) is 18.1. The molecule has 0 saturated carbocycles. The van der Waals surface area contributed by atoms with Crippen molar-refractivity contribution in [3.8, 4) is 0 Å². The van der Waals surface area contributed by atoms with Gasteiger partial charge in [0.2, 0.25) is 5.91 Å². The minimum atomic E-state index is -1.11. The highest BCUT2D eigenvalue weighted by Crippen LogP contribution is 2.09. The molecule has 28 heavy (non-hydrogen) atoms. The molecule has 0 fully saturated rings. The van der Waals surface area contributed by atoms with Crippen LogP contribution in [0.5, 0.6) is 0 Å². The van der Waals surface area contributed by atoms with Crippen LogP contribution in [0.2, 0.25) is 0 Å². The van der Waals surface area contributed by atoms with E-state index < -0.39 is 29.6 Å². The van der Waals surface area contributed by atoms with Gasteiger partial charge in [-0.1, -0.05) is 18.7 Å². The second-order valence-electron chi connectivity index (χ2n) is 6.99. The minimum absolute atomic E-state index is 0.0170. The van der Waals surface area contributed by atoms with Crippen LogP contribution in [0, 0.1) is 5.92 Å². The van der Waals surface area contributed by atoms with Crippen LogP contribution in [0.4, 0.5) is 9.59 Å². The monoisotopic (exact) mass is 417 g/mol. The molecule has 2 unspecified atom stereocenters. The lowest BCUT2D eigenvalue weighted by Crippen LogP contribution is -2.48. The Morgan fingerprint density at radius 1 is 1.14 bits per heavy atom. The Labute approximate surface area is 170 Å². The molecule has 0 aromatic carbocycles. The molecule has 0 rings (SSSR count). The molecular weight excluding hydrogens is 386 g/mol. The van der Waals surface area contributed by atoms with Gasteiger partial charge in [-0.25, -0.2) is 9.59 Å². The van der Waals surface area contributed by atoms with Gasteiger partial charge in [0.05, 0.1) is 7.11 Å². The fourth-order valence-corrected chi connectivity index (χ4v) is 2.54. The third-order valence-corrected chi connectivity index (χ3v) is 4.17. The van der Waals surface area contributed by atoms with Crippen LogP contribution in [0.15, 0.2) is 12.2 Å². The normalized spacial score (nSPS) is 13.4. The van der Waals surface area contributed by atoms with E-state index in [1.165, 1.54) is 13.2 Å². The van der Waals surface area contributed by atoms with Crippen molar-refractivity contribution >= 4 is 35.0 Å². The first-order chi connectivity index (χ1) is 13.0. The topological polar surface area (TPSA) is 123 Å². The van der Waals surface area contributed by atoms with Crippen LogP contribution in [-0.4, -0.2) is 60.8 Å². The highest BCUT2D eigenvalue weighted by molar-refractivity contribution is 8.13. The third-order valence-electron chi connectivity index (χ3n) is 3.03. The van der Waals surface area contributed by atoms with Gasteiger partial charge < -0.3 is 25.4 Å². The number of thioether (sulfide) groups is 1. The Morgan fingerprint density at radius 2 is 1.79 bits per heavy atom. The van der Waals surface area contributed by atoms with Gasteiger partial charge in [0.25, 0.3) is 5.24 Å². The number of hydrogen-bond donors (Lipinski definition) is 3. The van der Waals surface area contributed by atoms with Gasteiger partial charge in [0.1, 0.15) is 11.6 Å². The number of carbonyl (C=O) groups is 4. The third kappa shape index (κ3) is 13.0. The lowest BCUT2D eigenvalue weighted by molar-refractivity contribution is -0.134. The Balaban J connectivity index is 4.77. The number of ether oxygens (including phenoxy) is 2. The summed E-state index contributed by atoms with van der Waals surface area (Å²) < 4.78 is 9.63. The first kappa shape index (κ1) is 25.8. The number of carbonyl (C=O) groups excluding carboxylic acids is 4. The zero-order valence-electron chi connectivity index (χ0n) is 17.3. The molecule has 9 nitrogen and oxygen atoms in total. The predicted molar refractivity (Wildman–Crippen MR) is 108 cm³/mol. The number of amides is 3. The van der Waals surface area contributed by atoms with Crippen molar-refractivity contribution in [1.29, 1.82) is 0 Å². The first-order valence-corrected chi connectivity index (χ1v) is 9.91. The number of rotatable bonds is 9. The van der Waals surface area contributed by atoms with Crippen LogP contribution in [0.1, 0.15) is 34.6 Å². The van der Waals surface area contributed by atoms with Crippen molar-refractivity contribution in [3.63, 3.8) is 0 Å². The van der Waals surface area contributed by atoms with Gasteiger partial charge in [-0.2, -0.15) is 0 Å². The van der Waals surface area contributed by atoms with Gasteiger partial charge >= 0.3 is 12.1 Å². The summed E-state index contributed by atoms with van der Waals surface area (Å²) >= 11 is 1.14. The van der Waals surface area contributed by atoms with E-state index in [4.69, 9.17) is 4.74 Å². The van der Waals surface area contributed by atoms with E-state index in [1.54, 1.807) is 20.8 Å². The predicted octanol–water partition coefficient (Wildman–Crippen LogP) is 1.82. The minimum Gasteiger partial charge on any atom is -0.466 e. The van der Waals surface area contributed by atoms with Crippen molar-refractivity contribution in [2.24, 2.45) is 5.92 Å². The maximum absolute atomic E-state index is 12.4. The number of methoxy groups -OCH3 is 1. The molecule has 3 amide bonds. The largest absolute Gasteiger partial charge is 0.466 e. The molecule has 0 saturated heterocycles. The summed E-state index contributed by atoms with van der Waals surface area (Å²) in [7, 11) is 1.21. The summed E-state index contributed by atoms with van der Waals surface area (Å²) in [5.41, 5.74) is -0.734. The maximum Gasteiger partial charge on any atom is 0.408 e. The smallest absolute Gasteiger partial charge is 0.408 e. The summed E-state index contributed by atoms with van der Waals surface area (Å²) in [5, 5.41) is 7.66. The Morgan fingerprint density at radius 3 is 2.32 bits per heavy atom. The molecule has 160 valence electrons. The standard InChI is InChI=1S/C18H31N3O6S/c1-7-19-17(25)28-11-12(2)10-20-15(23)13(8-9-14(22)26-6)21-16(24)27-18(3,4)5/h8-9,12-13H,7,10-11H2,1-6H3,(H,19,25)(H,20,23)(H,21,24)/b9-8+. The van der Waals surface area contributed by atoms with Gasteiger partial charge in [-0.15, -0.1) is 0 Å². The van der Waals surface area contributed by atoms with Gasteiger partial charge in [0.15, 0.2) is 0 Å². The molecule has 0 aromatic rings. The molecule has 0 spiro atoms. The number of nitrogens with one attached hydrogen (secondary N) is 3. The van der Waals surface area contributed by atoms with Crippen molar-refractivity contribution < 1.29 is 28.7 Å². The lowest BCUT2D eigenvalue weighted by Gasteiger charge is -2.22. The maximum atomic E-state index is 12.4. The molecular formula is C18H31N3O6S. The fourth-order valence-electron chi connectivity index (χ4n) is 1.74. The quantitative estimate of drug-likeness (QED) is 0.386. The average Bonchev–Trinajstić information content (AvgIpc) is 2.59. The fraction of sp³-hybridized carbons (Fsp3) is 0.667. The van der Waals surface area contributed by atoms with Gasteiger partial charge in [0, 0.05) is 24.9 Å². The summed E-state index contributed by atoms with van der Waals surface area (Å²) in [6.07, 6.45) is 1.48. The Hall–Kier alpha value is -2.23. The van der Waals surface area contributed by atoms with Gasteiger partial charge in [-0.3, -0.25) is 9.59 Å². The van der Waals surface area contributed by atoms with Crippen LogP contribution < -0.4 is 16.0 Å². The second kappa shape index (κ2) is 13.0. The number of alkyl carbamates (subject to hydrolysis) is 1. The Bertz CT molecular complexity index is 574. The first-order valence-electron chi connectivity index (χ1n) is 8.92. The average molecular weight is 418 g/mol. The van der Waals surface area contributed by atoms with Crippen molar-refractivity contribution in [2.45, 2.75) is 46.3 Å². The highest BCUT2D eigenvalue weighted by Gasteiger charge is 2.23. The van der Waals surface area contributed by atoms with E-state index >= 15 is 0 Å². The van der Waals surface area contributed by atoms with Crippen molar-refractivity contribution in [3.05, 3.63) is 12.2 Å². The number of hydrogen-bond acceptors (Lipinski definition) is 7. The van der Waals surface area contributed by atoms with Crippen LogP contribution >= 0.6 is 11.8 Å². The van der Waals surface area contributed by atoms with Gasteiger partial charge in [-0.05, 0) is 39.7 Å². The Kier molecular flexibility index (Phi) is 12.0. The molecule has 3 N–H and O–H groups in total. The molecule has 0 radical (unpaired) electrons. The lowest BCUT2D eigenvalue weighted by atomic mass is 10.2. The van der Waals surface area contributed by atoms with Crippen molar-refractivity contribution in [1.82, 2.24) is 16.0 Å². The van der Waals surface area contributed by atoms with E-state index in [9.17, 15) is 19.2 Å². The number of esters is 1. The molecule has 0 aromatic heterocycles. The molecule has 0 aliphatic rings. The van der Waals surface area contributed by atoms with Crippen LogP contribution in [-0.2, 0) is 19.1 Å². The van der Waals surface area contributed by atoms with Crippen LogP contribution in [0.3, 0.4) is 0 Å². The highest BCUT2D eigenvalue weighted by atomic mass is 32.2. The molecule has 0 bridgehead atoms. The summed E-state index contributed by atoms with van der Waals surface area (Å²) in [4.78, 5) is 47.1. The van der Waals surface area contributed by atoms with Crippen molar-refractivity contribution in [2.75, 3.05) is 26.0 Å². The molecule has 2 atom stereocenters. The summed E-state index contributed by atoms with van der Waals surface area (Å²) in [6.45, 7) is 9.65. The molecule has 10 heteroatoms. The molecule has 0 aliphatic carbocycles. The van der Waals surface area contributed by atoms with E-state index in [0.717, 1.165) is 17.8 Å². The molecule has 0 heterocycles. The summed E-state index contributed by atoms with van der Waals surface area (Å²) in [5.74, 6) is -0.631. The van der Waals surface area contributed by atoms with Crippen LogP contribution in [0.25, 0.3) is 0 Å².